The molecule has 0 unspecified atom stereocenters. The molecule has 0 aliphatic rings. The average molecular weight is 337 g/mol. The minimum atomic E-state index is 0.0248. The SMILES string of the molecule is O=C(CSc1ccc(Br)cc1)NCc1cccnc1. The number of hydrogen-bond donors (Lipinski definition) is 1. The van der Waals surface area contributed by atoms with Gasteiger partial charge in [-0.1, -0.05) is 22.0 Å². The van der Waals surface area contributed by atoms with Gasteiger partial charge in [0, 0.05) is 28.3 Å². The normalized spacial score (nSPS) is 10.2. The number of carbonyl (C=O) groups is 1. The van der Waals surface area contributed by atoms with Gasteiger partial charge < -0.3 is 5.32 Å². The van der Waals surface area contributed by atoms with Crippen LogP contribution in [0, 0.1) is 0 Å². The summed E-state index contributed by atoms with van der Waals surface area (Å²) in [5.41, 5.74) is 1.00. The van der Waals surface area contributed by atoms with Crippen molar-refractivity contribution in [2.24, 2.45) is 0 Å². The van der Waals surface area contributed by atoms with Crippen LogP contribution in [0.15, 0.2) is 58.2 Å². The highest BCUT2D eigenvalue weighted by molar-refractivity contribution is 9.10. The molecule has 1 aromatic carbocycles. The maximum atomic E-state index is 11.7. The Labute approximate surface area is 125 Å². The Morgan fingerprint density at radius 3 is 2.74 bits per heavy atom. The van der Waals surface area contributed by atoms with Gasteiger partial charge in [0.05, 0.1) is 5.75 Å². The van der Waals surface area contributed by atoms with Gasteiger partial charge in [0.1, 0.15) is 0 Å². The molecule has 0 fully saturated rings. The first-order chi connectivity index (χ1) is 9.24. The van der Waals surface area contributed by atoms with Gasteiger partial charge in [-0.15, -0.1) is 11.8 Å². The van der Waals surface area contributed by atoms with Crippen molar-refractivity contribution in [2.45, 2.75) is 11.4 Å². The minimum absolute atomic E-state index is 0.0248. The molecule has 3 nitrogen and oxygen atoms in total. The van der Waals surface area contributed by atoms with E-state index in [1.807, 2.05) is 36.4 Å². The first-order valence-corrected chi connectivity index (χ1v) is 7.56. The van der Waals surface area contributed by atoms with Crippen LogP contribution < -0.4 is 5.32 Å². The fourth-order valence-corrected chi connectivity index (χ4v) is 2.43. The zero-order chi connectivity index (χ0) is 13.5. The van der Waals surface area contributed by atoms with E-state index in [1.54, 1.807) is 12.4 Å². The number of thioether (sulfide) groups is 1. The molecule has 98 valence electrons. The third-order valence-electron chi connectivity index (χ3n) is 2.40. The molecule has 0 bridgehead atoms. The molecule has 2 rings (SSSR count). The Kier molecular flexibility index (Phi) is 5.42. The number of halogens is 1. The summed E-state index contributed by atoms with van der Waals surface area (Å²) in [6.45, 7) is 0.521. The molecule has 0 aliphatic carbocycles. The molecule has 1 aromatic heterocycles. The van der Waals surface area contributed by atoms with Crippen LogP contribution in [0.2, 0.25) is 0 Å². The van der Waals surface area contributed by atoms with Crippen molar-refractivity contribution < 1.29 is 4.79 Å². The van der Waals surface area contributed by atoms with E-state index in [1.165, 1.54) is 11.8 Å². The fourth-order valence-electron chi connectivity index (χ4n) is 1.43. The number of pyridine rings is 1. The highest BCUT2D eigenvalue weighted by Crippen LogP contribution is 2.20. The predicted molar refractivity (Wildman–Crippen MR) is 80.9 cm³/mol. The molecule has 0 spiro atoms. The predicted octanol–water partition coefficient (Wildman–Crippen LogP) is 3.25. The van der Waals surface area contributed by atoms with Crippen molar-refractivity contribution in [3.05, 3.63) is 58.8 Å². The zero-order valence-corrected chi connectivity index (χ0v) is 12.6. The molecule has 5 heteroatoms. The lowest BCUT2D eigenvalue weighted by Crippen LogP contribution is -2.24. The summed E-state index contributed by atoms with van der Waals surface area (Å²) < 4.78 is 1.04. The third kappa shape index (κ3) is 5.04. The Morgan fingerprint density at radius 1 is 1.26 bits per heavy atom. The van der Waals surface area contributed by atoms with Crippen LogP contribution in [-0.4, -0.2) is 16.6 Å². The van der Waals surface area contributed by atoms with Crippen LogP contribution in [0.1, 0.15) is 5.56 Å². The van der Waals surface area contributed by atoms with E-state index >= 15 is 0 Å². The molecule has 19 heavy (non-hydrogen) atoms. The lowest BCUT2D eigenvalue weighted by molar-refractivity contribution is -0.118. The first kappa shape index (κ1) is 14.1. The standard InChI is InChI=1S/C14H13BrN2OS/c15-12-3-5-13(6-4-12)19-10-14(18)17-9-11-2-1-7-16-8-11/h1-8H,9-10H2,(H,17,18). The van der Waals surface area contributed by atoms with E-state index in [0.29, 0.717) is 12.3 Å². The fraction of sp³-hybridized carbons (Fsp3) is 0.143. The zero-order valence-electron chi connectivity index (χ0n) is 10.2. The van der Waals surface area contributed by atoms with Crippen molar-refractivity contribution in [3.63, 3.8) is 0 Å². The number of aromatic nitrogens is 1. The largest absolute Gasteiger partial charge is 0.351 e. The molecule has 0 atom stereocenters. The van der Waals surface area contributed by atoms with Gasteiger partial charge in [-0.3, -0.25) is 9.78 Å². The van der Waals surface area contributed by atoms with Gasteiger partial charge >= 0.3 is 0 Å². The topological polar surface area (TPSA) is 42.0 Å². The van der Waals surface area contributed by atoms with E-state index in [9.17, 15) is 4.79 Å². The quantitative estimate of drug-likeness (QED) is 0.852. The first-order valence-electron chi connectivity index (χ1n) is 5.78. The maximum absolute atomic E-state index is 11.7. The Hall–Kier alpha value is -1.33. The summed E-state index contributed by atoms with van der Waals surface area (Å²) in [4.78, 5) is 16.8. The van der Waals surface area contributed by atoms with Crippen molar-refractivity contribution in [3.8, 4) is 0 Å². The second-order valence-corrected chi connectivity index (χ2v) is 5.85. The molecular formula is C14H13BrN2OS. The third-order valence-corrected chi connectivity index (χ3v) is 3.94. The van der Waals surface area contributed by atoms with Crippen LogP contribution in [-0.2, 0) is 11.3 Å². The highest BCUT2D eigenvalue weighted by atomic mass is 79.9. The molecule has 1 heterocycles. The average Bonchev–Trinajstić information content (AvgIpc) is 2.45. The van der Waals surface area contributed by atoms with E-state index in [2.05, 4.69) is 26.2 Å². The van der Waals surface area contributed by atoms with Gasteiger partial charge in [0.15, 0.2) is 0 Å². The van der Waals surface area contributed by atoms with Crippen LogP contribution in [0.3, 0.4) is 0 Å². The van der Waals surface area contributed by atoms with Gasteiger partial charge in [0.25, 0.3) is 0 Å². The summed E-state index contributed by atoms with van der Waals surface area (Å²) >= 11 is 4.91. The maximum Gasteiger partial charge on any atom is 0.230 e. The van der Waals surface area contributed by atoms with E-state index in [-0.39, 0.29) is 5.91 Å². The van der Waals surface area contributed by atoms with Crippen molar-refractivity contribution in [2.75, 3.05) is 5.75 Å². The second-order valence-electron chi connectivity index (χ2n) is 3.88. The summed E-state index contributed by atoms with van der Waals surface area (Å²) in [5, 5.41) is 2.87. The monoisotopic (exact) mass is 336 g/mol. The number of carbonyl (C=O) groups excluding carboxylic acids is 1. The van der Waals surface area contributed by atoms with Gasteiger partial charge in [-0.25, -0.2) is 0 Å². The Morgan fingerprint density at radius 2 is 2.05 bits per heavy atom. The smallest absolute Gasteiger partial charge is 0.230 e. The van der Waals surface area contributed by atoms with Crippen molar-refractivity contribution >= 4 is 33.6 Å². The number of nitrogens with zero attached hydrogens (tertiary/aromatic N) is 1. The highest BCUT2D eigenvalue weighted by Gasteiger charge is 2.02. The van der Waals surface area contributed by atoms with Crippen LogP contribution in [0.25, 0.3) is 0 Å². The Bertz CT molecular complexity index is 531. The summed E-state index contributed by atoms with van der Waals surface area (Å²) in [6.07, 6.45) is 3.47. The van der Waals surface area contributed by atoms with Gasteiger partial charge in [-0.05, 0) is 35.9 Å². The van der Waals surface area contributed by atoms with Gasteiger partial charge in [0.2, 0.25) is 5.91 Å². The number of amides is 1. The molecule has 0 saturated heterocycles. The second kappa shape index (κ2) is 7.31. The van der Waals surface area contributed by atoms with Crippen LogP contribution in [0.5, 0.6) is 0 Å². The van der Waals surface area contributed by atoms with Gasteiger partial charge in [-0.2, -0.15) is 0 Å². The van der Waals surface area contributed by atoms with Crippen molar-refractivity contribution in [1.29, 1.82) is 0 Å². The number of rotatable bonds is 5. The van der Waals surface area contributed by atoms with E-state index in [0.717, 1.165) is 14.9 Å². The molecular weight excluding hydrogens is 324 g/mol. The summed E-state index contributed by atoms with van der Waals surface area (Å²) in [7, 11) is 0. The van der Waals surface area contributed by atoms with E-state index < -0.39 is 0 Å². The molecule has 0 aliphatic heterocycles. The van der Waals surface area contributed by atoms with E-state index in [4.69, 9.17) is 0 Å². The summed E-state index contributed by atoms with van der Waals surface area (Å²) in [6, 6.07) is 11.7. The summed E-state index contributed by atoms with van der Waals surface area (Å²) in [5.74, 6) is 0.443. The van der Waals surface area contributed by atoms with Crippen LogP contribution in [0.4, 0.5) is 0 Å². The Balaban J connectivity index is 1.74. The molecule has 1 amide bonds. The molecule has 0 saturated carbocycles. The molecule has 0 radical (unpaired) electrons. The van der Waals surface area contributed by atoms with Crippen molar-refractivity contribution in [1.82, 2.24) is 10.3 Å². The number of benzene rings is 1. The number of nitrogens with one attached hydrogen (secondary N) is 1. The molecule has 2 aromatic rings. The lowest BCUT2D eigenvalue weighted by Gasteiger charge is -2.05. The minimum Gasteiger partial charge on any atom is -0.351 e. The lowest BCUT2D eigenvalue weighted by atomic mass is 10.3. The molecule has 1 N–H and O–H groups in total. The number of hydrogen-bond acceptors (Lipinski definition) is 3. The van der Waals surface area contributed by atoms with Crippen LogP contribution >= 0.6 is 27.7 Å².